The zero-order chi connectivity index (χ0) is 12.1. The highest BCUT2D eigenvalue weighted by Gasteiger charge is 2.50. The summed E-state index contributed by atoms with van der Waals surface area (Å²) in [5.74, 6) is 0. The van der Waals surface area contributed by atoms with Crippen molar-refractivity contribution in [3.05, 3.63) is 0 Å². The van der Waals surface area contributed by atoms with Crippen LogP contribution < -0.4 is 0 Å². The van der Waals surface area contributed by atoms with Crippen molar-refractivity contribution in [1.29, 1.82) is 0 Å². The molecule has 16 heavy (non-hydrogen) atoms. The molecular weight excluding hydrogens is 196 g/mol. The van der Waals surface area contributed by atoms with Gasteiger partial charge in [-0.2, -0.15) is 0 Å². The predicted molar refractivity (Wildman–Crippen MR) is 69.7 cm³/mol. The molecule has 0 N–H and O–H groups in total. The van der Waals surface area contributed by atoms with Gasteiger partial charge in [0, 0.05) is 29.7 Å². The topological polar surface area (TPSA) is 6.48 Å². The Morgan fingerprint density at radius 1 is 0.812 bits per heavy atom. The molecule has 0 bridgehead atoms. The number of hydrogen-bond donors (Lipinski definition) is 0. The van der Waals surface area contributed by atoms with Crippen LogP contribution in [0.2, 0.25) is 0 Å². The summed E-state index contributed by atoms with van der Waals surface area (Å²) in [6.07, 6.45) is 2.76. The van der Waals surface area contributed by atoms with Gasteiger partial charge in [0.05, 0.1) is 0 Å². The lowest BCUT2D eigenvalue weighted by Crippen LogP contribution is -2.75. The lowest BCUT2D eigenvalue weighted by Gasteiger charge is -2.62. The van der Waals surface area contributed by atoms with E-state index in [2.05, 4.69) is 51.3 Å². The molecule has 0 spiro atoms. The van der Waals surface area contributed by atoms with Crippen LogP contribution in [-0.2, 0) is 0 Å². The van der Waals surface area contributed by atoms with Gasteiger partial charge in [0.2, 0.25) is 0 Å². The normalized spacial score (nSPS) is 33.4. The highest BCUT2D eigenvalue weighted by atomic mass is 15.4. The molecule has 0 aromatic heterocycles. The largest absolute Gasteiger partial charge is 0.293 e. The number of rotatable bonds is 0. The highest BCUT2D eigenvalue weighted by molar-refractivity contribution is 5.07. The molecular formula is C14H28N2. The van der Waals surface area contributed by atoms with Gasteiger partial charge >= 0.3 is 0 Å². The van der Waals surface area contributed by atoms with E-state index in [0.717, 1.165) is 12.1 Å². The summed E-state index contributed by atoms with van der Waals surface area (Å²) in [5.41, 5.74) is 0.690. The van der Waals surface area contributed by atoms with Gasteiger partial charge in [-0.05, 0) is 60.9 Å². The lowest BCUT2D eigenvalue weighted by atomic mass is 9.80. The molecule has 2 unspecified atom stereocenters. The van der Waals surface area contributed by atoms with Crippen molar-refractivity contribution in [3.8, 4) is 0 Å². The Morgan fingerprint density at radius 3 is 1.88 bits per heavy atom. The van der Waals surface area contributed by atoms with Gasteiger partial charge in [0.25, 0.3) is 0 Å². The van der Waals surface area contributed by atoms with Gasteiger partial charge in [-0.15, -0.1) is 0 Å². The highest BCUT2D eigenvalue weighted by Crippen LogP contribution is 2.39. The summed E-state index contributed by atoms with van der Waals surface area (Å²) >= 11 is 0. The molecule has 2 heterocycles. The second-order valence-corrected chi connectivity index (χ2v) is 7.46. The molecule has 0 aliphatic carbocycles. The quantitative estimate of drug-likeness (QED) is 0.624. The van der Waals surface area contributed by atoms with E-state index in [1.165, 1.54) is 25.9 Å². The number of nitrogens with zero attached hydrogens (tertiary/aromatic N) is 2. The van der Waals surface area contributed by atoms with E-state index in [-0.39, 0.29) is 0 Å². The number of fused-ring (bicyclic) bond motifs is 1. The molecule has 2 rings (SSSR count). The van der Waals surface area contributed by atoms with Crippen molar-refractivity contribution in [1.82, 2.24) is 9.80 Å². The van der Waals surface area contributed by atoms with Gasteiger partial charge < -0.3 is 0 Å². The zero-order valence-corrected chi connectivity index (χ0v) is 11.9. The van der Waals surface area contributed by atoms with E-state index in [0.29, 0.717) is 11.1 Å². The first-order chi connectivity index (χ1) is 7.21. The summed E-state index contributed by atoms with van der Waals surface area (Å²) in [6.45, 7) is 16.7. The van der Waals surface area contributed by atoms with E-state index < -0.39 is 0 Å². The summed E-state index contributed by atoms with van der Waals surface area (Å²) in [4.78, 5) is 5.42. The van der Waals surface area contributed by atoms with Gasteiger partial charge in [0.1, 0.15) is 0 Å². The lowest BCUT2D eigenvalue weighted by molar-refractivity contribution is -0.127. The third-order valence-corrected chi connectivity index (χ3v) is 4.25. The smallest absolute Gasteiger partial charge is 0.0384 e. The molecule has 2 nitrogen and oxygen atoms in total. The minimum atomic E-state index is 0.341. The van der Waals surface area contributed by atoms with Crippen LogP contribution in [0.25, 0.3) is 0 Å². The Morgan fingerprint density at radius 2 is 1.38 bits per heavy atom. The van der Waals surface area contributed by atoms with E-state index in [1.807, 2.05) is 0 Å². The van der Waals surface area contributed by atoms with E-state index in [9.17, 15) is 0 Å². The molecule has 0 amide bonds. The van der Waals surface area contributed by atoms with Crippen molar-refractivity contribution in [2.45, 2.75) is 77.5 Å². The molecule has 2 aliphatic heterocycles. The van der Waals surface area contributed by atoms with Crippen LogP contribution >= 0.6 is 0 Å². The molecule has 2 heteroatoms. The number of piperidine rings is 1. The fraction of sp³-hybridized carbons (Fsp3) is 1.00. The Kier molecular flexibility index (Phi) is 2.87. The Hall–Kier alpha value is -0.0800. The van der Waals surface area contributed by atoms with Crippen LogP contribution in [0.15, 0.2) is 0 Å². The molecule has 2 atom stereocenters. The van der Waals surface area contributed by atoms with Gasteiger partial charge in [-0.1, -0.05) is 0 Å². The second kappa shape index (κ2) is 3.71. The van der Waals surface area contributed by atoms with Crippen LogP contribution in [0, 0.1) is 0 Å². The minimum absolute atomic E-state index is 0.341. The van der Waals surface area contributed by atoms with Crippen LogP contribution in [0.5, 0.6) is 0 Å². The Labute approximate surface area is 101 Å². The molecule has 0 aromatic rings. The number of likely N-dealkylation sites (tertiary alicyclic amines) is 2. The van der Waals surface area contributed by atoms with Crippen molar-refractivity contribution in [3.63, 3.8) is 0 Å². The fourth-order valence-corrected chi connectivity index (χ4v) is 3.42. The van der Waals surface area contributed by atoms with Crippen LogP contribution in [0.3, 0.4) is 0 Å². The maximum Gasteiger partial charge on any atom is 0.0384 e. The SMILES string of the molecule is CC(C)(C)N1CCCC2C1CN2C(C)(C)C. The predicted octanol–water partition coefficient (Wildman–Crippen LogP) is 2.73. The first-order valence-electron chi connectivity index (χ1n) is 6.75. The monoisotopic (exact) mass is 224 g/mol. The molecule has 0 aromatic carbocycles. The average molecular weight is 224 g/mol. The maximum absolute atomic E-state index is 2.73. The van der Waals surface area contributed by atoms with Gasteiger partial charge in [-0.3, -0.25) is 9.80 Å². The fourth-order valence-electron chi connectivity index (χ4n) is 3.42. The van der Waals surface area contributed by atoms with Crippen LogP contribution in [0.1, 0.15) is 54.4 Å². The summed E-state index contributed by atoms with van der Waals surface area (Å²) in [6, 6.07) is 1.63. The van der Waals surface area contributed by atoms with Crippen molar-refractivity contribution in [2.24, 2.45) is 0 Å². The second-order valence-electron chi connectivity index (χ2n) is 7.46. The zero-order valence-electron chi connectivity index (χ0n) is 11.9. The first kappa shape index (κ1) is 12.4. The molecule has 2 aliphatic rings. The molecule has 2 saturated heterocycles. The standard InChI is InChI=1S/C14H28N2/c1-13(2,3)15-9-7-8-11-12(15)10-16(11)14(4,5)6/h11-12H,7-10H2,1-6H3. The first-order valence-corrected chi connectivity index (χ1v) is 6.75. The van der Waals surface area contributed by atoms with Gasteiger partial charge in [-0.25, -0.2) is 0 Å². The Balaban J connectivity index is 2.07. The van der Waals surface area contributed by atoms with Crippen molar-refractivity contribution in [2.75, 3.05) is 13.1 Å². The van der Waals surface area contributed by atoms with Crippen molar-refractivity contribution < 1.29 is 0 Å². The molecule has 2 fully saturated rings. The molecule has 0 saturated carbocycles. The summed E-state index contributed by atoms with van der Waals surface area (Å²) in [7, 11) is 0. The minimum Gasteiger partial charge on any atom is -0.293 e. The van der Waals surface area contributed by atoms with Gasteiger partial charge in [0.15, 0.2) is 0 Å². The van der Waals surface area contributed by atoms with E-state index >= 15 is 0 Å². The Bertz CT molecular complexity index is 259. The number of hydrogen-bond acceptors (Lipinski definition) is 2. The third-order valence-electron chi connectivity index (χ3n) is 4.25. The molecule has 0 radical (unpaired) electrons. The summed E-state index contributed by atoms with van der Waals surface area (Å²) in [5, 5.41) is 0. The van der Waals surface area contributed by atoms with Crippen molar-refractivity contribution >= 4 is 0 Å². The summed E-state index contributed by atoms with van der Waals surface area (Å²) < 4.78 is 0. The van der Waals surface area contributed by atoms with E-state index in [1.54, 1.807) is 0 Å². The maximum atomic E-state index is 2.73. The van der Waals surface area contributed by atoms with Crippen LogP contribution in [0.4, 0.5) is 0 Å². The third kappa shape index (κ3) is 2.02. The molecule has 94 valence electrons. The van der Waals surface area contributed by atoms with Crippen LogP contribution in [-0.4, -0.2) is 46.1 Å². The average Bonchev–Trinajstić information content (AvgIpc) is 2.01. The van der Waals surface area contributed by atoms with E-state index in [4.69, 9.17) is 0 Å².